The summed E-state index contributed by atoms with van der Waals surface area (Å²) in [6.45, 7) is 3.38. The molecular formula is C15H26N2O3. The largest absolute Gasteiger partial charge is 0.468 e. The molecule has 0 aromatic heterocycles. The Labute approximate surface area is 121 Å². The van der Waals surface area contributed by atoms with Crippen LogP contribution < -0.4 is 5.32 Å². The molecule has 1 saturated carbocycles. The van der Waals surface area contributed by atoms with Crippen LogP contribution in [-0.2, 0) is 14.3 Å². The van der Waals surface area contributed by atoms with Gasteiger partial charge in [-0.05, 0) is 51.0 Å². The predicted octanol–water partition coefficient (Wildman–Crippen LogP) is 1.32. The van der Waals surface area contributed by atoms with E-state index in [0.29, 0.717) is 12.6 Å². The molecule has 1 atom stereocenters. The molecule has 0 aromatic carbocycles. The van der Waals surface area contributed by atoms with E-state index >= 15 is 0 Å². The first-order chi connectivity index (χ1) is 9.60. The van der Waals surface area contributed by atoms with Crippen molar-refractivity contribution >= 4 is 11.9 Å². The second-order valence-electron chi connectivity index (χ2n) is 6.18. The molecule has 1 N–H and O–H groups in total. The van der Waals surface area contributed by atoms with Gasteiger partial charge in [-0.15, -0.1) is 0 Å². The predicted molar refractivity (Wildman–Crippen MR) is 76.2 cm³/mol. The maximum absolute atomic E-state index is 12.1. The van der Waals surface area contributed by atoms with E-state index in [-0.39, 0.29) is 17.9 Å². The lowest BCUT2D eigenvalue weighted by Gasteiger charge is -2.28. The molecule has 20 heavy (non-hydrogen) atoms. The van der Waals surface area contributed by atoms with Crippen LogP contribution in [0.25, 0.3) is 0 Å². The maximum atomic E-state index is 12.1. The Morgan fingerprint density at radius 1 is 1.20 bits per heavy atom. The van der Waals surface area contributed by atoms with Gasteiger partial charge in [0.05, 0.1) is 13.7 Å². The fourth-order valence-corrected chi connectivity index (χ4v) is 3.28. The number of methoxy groups -OCH3 is 1. The number of nitrogens with zero attached hydrogens (tertiary/aromatic N) is 1. The van der Waals surface area contributed by atoms with Crippen LogP contribution in [0.1, 0.15) is 45.4 Å². The van der Waals surface area contributed by atoms with Gasteiger partial charge in [0.15, 0.2) is 0 Å². The van der Waals surface area contributed by atoms with Crippen molar-refractivity contribution in [2.45, 2.75) is 57.5 Å². The molecule has 0 radical (unpaired) electrons. The van der Waals surface area contributed by atoms with E-state index in [1.165, 1.54) is 20.0 Å². The summed E-state index contributed by atoms with van der Waals surface area (Å²) in [7, 11) is 1.40. The molecule has 1 aliphatic carbocycles. The molecule has 1 amide bonds. The Morgan fingerprint density at radius 2 is 1.90 bits per heavy atom. The van der Waals surface area contributed by atoms with Gasteiger partial charge in [-0.1, -0.05) is 6.92 Å². The zero-order valence-electron chi connectivity index (χ0n) is 12.6. The van der Waals surface area contributed by atoms with Crippen molar-refractivity contribution in [3.05, 3.63) is 0 Å². The minimum Gasteiger partial charge on any atom is -0.468 e. The van der Waals surface area contributed by atoms with Gasteiger partial charge in [0, 0.05) is 6.04 Å². The lowest BCUT2D eigenvalue weighted by atomic mass is 9.87. The van der Waals surface area contributed by atoms with E-state index in [2.05, 4.69) is 12.2 Å². The third-order valence-electron chi connectivity index (χ3n) is 4.56. The fourth-order valence-electron chi connectivity index (χ4n) is 3.28. The highest BCUT2D eigenvalue weighted by Crippen LogP contribution is 2.23. The zero-order chi connectivity index (χ0) is 14.5. The average Bonchev–Trinajstić information content (AvgIpc) is 2.88. The van der Waals surface area contributed by atoms with Crippen LogP contribution in [-0.4, -0.2) is 49.1 Å². The third kappa shape index (κ3) is 3.95. The van der Waals surface area contributed by atoms with Gasteiger partial charge in [-0.2, -0.15) is 0 Å². The molecule has 114 valence electrons. The number of nitrogens with one attached hydrogen (secondary N) is 1. The van der Waals surface area contributed by atoms with Gasteiger partial charge in [0.1, 0.15) is 6.04 Å². The van der Waals surface area contributed by atoms with Crippen molar-refractivity contribution in [2.24, 2.45) is 5.92 Å². The number of hydrogen-bond acceptors (Lipinski definition) is 4. The summed E-state index contributed by atoms with van der Waals surface area (Å²) in [4.78, 5) is 25.7. The highest BCUT2D eigenvalue weighted by molar-refractivity contribution is 5.81. The van der Waals surface area contributed by atoms with E-state index in [4.69, 9.17) is 4.74 Å². The number of rotatable bonds is 4. The number of esters is 1. The Bertz CT molecular complexity index is 351. The molecule has 1 saturated heterocycles. The molecule has 1 aliphatic heterocycles. The number of carbonyl (C=O) groups excluding carboxylic acids is 2. The lowest BCUT2D eigenvalue weighted by molar-refractivity contribution is -0.146. The Balaban J connectivity index is 1.77. The third-order valence-corrected chi connectivity index (χ3v) is 4.56. The van der Waals surface area contributed by atoms with Gasteiger partial charge >= 0.3 is 5.97 Å². The molecule has 1 unspecified atom stereocenters. The van der Waals surface area contributed by atoms with Gasteiger partial charge < -0.3 is 10.1 Å². The van der Waals surface area contributed by atoms with Gasteiger partial charge in [0.25, 0.3) is 0 Å². The first kappa shape index (κ1) is 15.3. The monoisotopic (exact) mass is 282 g/mol. The van der Waals surface area contributed by atoms with E-state index in [1.807, 2.05) is 4.90 Å². The topological polar surface area (TPSA) is 58.6 Å². The Hall–Kier alpha value is -1.10. The van der Waals surface area contributed by atoms with Crippen LogP contribution in [0.3, 0.4) is 0 Å². The maximum Gasteiger partial charge on any atom is 0.323 e. The van der Waals surface area contributed by atoms with E-state index in [1.54, 1.807) is 0 Å². The SMILES string of the molecule is COC(=O)C1CCCN1CC(=O)NC1CCC(C)CC1. The second-order valence-corrected chi connectivity index (χ2v) is 6.18. The quantitative estimate of drug-likeness (QED) is 0.790. The number of ether oxygens (including phenoxy) is 1. The molecule has 0 spiro atoms. The van der Waals surface area contributed by atoms with E-state index < -0.39 is 0 Å². The summed E-state index contributed by atoms with van der Waals surface area (Å²) in [5.74, 6) is 0.604. The van der Waals surface area contributed by atoms with Crippen LogP contribution in [0, 0.1) is 5.92 Å². The standard InChI is InChI=1S/C15H26N2O3/c1-11-5-7-12(8-6-11)16-14(18)10-17-9-3-4-13(17)15(19)20-2/h11-13H,3-10H2,1-2H3,(H,16,18). The molecule has 2 fully saturated rings. The van der Waals surface area contributed by atoms with Crippen LogP contribution in [0.2, 0.25) is 0 Å². The van der Waals surface area contributed by atoms with Crippen molar-refractivity contribution < 1.29 is 14.3 Å². The van der Waals surface area contributed by atoms with Crippen LogP contribution >= 0.6 is 0 Å². The molecule has 2 rings (SSSR count). The van der Waals surface area contributed by atoms with Crippen molar-refractivity contribution in [3.8, 4) is 0 Å². The summed E-state index contributed by atoms with van der Waals surface area (Å²) in [6, 6.07) is 0.0787. The summed E-state index contributed by atoms with van der Waals surface area (Å²) >= 11 is 0. The first-order valence-corrected chi connectivity index (χ1v) is 7.71. The van der Waals surface area contributed by atoms with E-state index in [9.17, 15) is 9.59 Å². The number of carbonyl (C=O) groups is 2. The first-order valence-electron chi connectivity index (χ1n) is 7.71. The zero-order valence-corrected chi connectivity index (χ0v) is 12.6. The average molecular weight is 282 g/mol. The number of hydrogen-bond donors (Lipinski definition) is 1. The van der Waals surface area contributed by atoms with Gasteiger partial charge in [-0.3, -0.25) is 14.5 Å². The highest BCUT2D eigenvalue weighted by atomic mass is 16.5. The van der Waals surface area contributed by atoms with Crippen LogP contribution in [0.5, 0.6) is 0 Å². The number of likely N-dealkylation sites (tertiary alicyclic amines) is 1. The fraction of sp³-hybridized carbons (Fsp3) is 0.867. The Morgan fingerprint density at radius 3 is 2.55 bits per heavy atom. The smallest absolute Gasteiger partial charge is 0.323 e. The summed E-state index contributed by atoms with van der Waals surface area (Å²) in [5.41, 5.74) is 0. The number of amides is 1. The molecule has 1 heterocycles. The molecule has 0 aromatic rings. The minimum atomic E-state index is -0.239. The molecular weight excluding hydrogens is 256 g/mol. The lowest BCUT2D eigenvalue weighted by Crippen LogP contribution is -2.46. The Kier molecular flexibility index (Phi) is 5.40. The van der Waals surface area contributed by atoms with Gasteiger partial charge in [-0.25, -0.2) is 0 Å². The second kappa shape index (κ2) is 7.07. The normalized spacial score (nSPS) is 31.0. The highest BCUT2D eigenvalue weighted by Gasteiger charge is 2.33. The van der Waals surface area contributed by atoms with Gasteiger partial charge in [0.2, 0.25) is 5.91 Å². The molecule has 5 heteroatoms. The van der Waals surface area contributed by atoms with Crippen molar-refractivity contribution in [2.75, 3.05) is 20.2 Å². The summed E-state index contributed by atoms with van der Waals surface area (Å²) in [6.07, 6.45) is 6.29. The summed E-state index contributed by atoms with van der Waals surface area (Å²) in [5, 5.41) is 3.11. The van der Waals surface area contributed by atoms with Crippen molar-refractivity contribution in [1.29, 1.82) is 0 Å². The van der Waals surface area contributed by atoms with Crippen LogP contribution in [0.15, 0.2) is 0 Å². The van der Waals surface area contributed by atoms with Crippen molar-refractivity contribution in [1.82, 2.24) is 10.2 Å². The molecule has 0 bridgehead atoms. The minimum absolute atomic E-state index is 0.0420. The van der Waals surface area contributed by atoms with E-state index in [0.717, 1.165) is 38.1 Å². The molecule has 5 nitrogen and oxygen atoms in total. The van der Waals surface area contributed by atoms with Crippen LogP contribution in [0.4, 0.5) is 0 Å². The molecule has 2 aliphatic rings. The van der Waals surface area contributed by atoms with Crippen molar-refractivity contribution in [3.63, 3.8) is 0 Å². The summed E-state index contributed by atoms with van der Waals surface area (Å²) < 4.78 is 4.80.